The van der Waals surface area contributed by atoms with E-state index in [0.29, 0.717) is 0 Å². The summed E-state index contributed by atoms with van der Waals surface area (Å²) in [5, 5.41) is 17.7. The van der Waals surface area contributed by atoms with Crippen LogP contribution in [-0.2, 0) is 0 Å². The number of hydrogen-bond donors (Lipinski definition) is 0. The smallest absolute Gasteiger partial charge is 0.136 e. The van der Waals surface area contributed by atoms with E-state index in [1.165, 1.54) is 106 Å². The topological polar surface area (TPSA) is 13.1 Å². The maximum absolute atomic E-state index is 6.78. The van der Waals surface area contributed by atoms with Gasteiger partial charge in [-0.2, -0.15) is 0 Å². The SMILES string of the molecule is c1ccc2c(-c3c4ccccc4c(-c4ccc5c(c4)oc4cc(-c6ccc7c(ccc8c9cc%10c(cc9sc78)sc7ccccc7%10)c6)ccc45)c4ccccc34)cccc2c1. The fourth-order valence-electron chi connectivity index (χ4n) is 10.2. The first-order chi connectivity index (χ1) is 30.2. The van der Waals surface area contributed by atoms with Crippen LogP contribution < -0.4 is 0 Å². The van der Waals surface area contributed by atoms with Crippen LogP contribution in [-0.4, -0.2) is 0 Å². The Morgan fingerprint density at radius 1 is 0.279 bits per heavy atom. The standard InChI is InChI=1S/C58H32OS2/c1-2-12-38-33(10-1)11-9-18-43(38)57-46-16-5-3-14-44(46)56(45-15-4-6-17-47(45)57)37-23-26-41-40-25-21-35(29-51(40)59-52(41)30-37)34-20-24-39-36(28-34)22-27-48-50-31-49-42-13-7-8-19-53(42)60-54(49)32-55(50)61-58(39)48/h1-32H. The molecule has 11 aromatic carbocycles. The molecule has 0 saturated carbocycles. The minimum atomic E-state index is 0.898. The average Bonchev–Trinajstić information content (AvgIpc) is 3.99. The number of hydrogen-bond acceptors (Lipinski definition) is 3. The van der Waals surface area contributed by atoms with Crippen molar-refractivity contribution >= 4 is 128 Å². The molecule has 0 fully saturated rings. The van der Waals surface area contributed by atoms with Crippen molar-refractivity contribution in [1.29, 1.82) is 0 Å². The van der Waals surface area contributed by atoms with E-state index in [2.05, 4.69) is 194 Å². The molecule has 0 amide bonds. The Morgan fingerprint density at radius 2 is 0.836 bits per heavy atom. The lowest BCUT2D eigenvalue weighted by atomic mass is 9.84. The molecule has 61 heavy (non-hydrogen) atoms. The molecule has 14 rings (SSSR count). The second-order valence-corrected chi connectivity index (χ2v) is 18.5. The van der Waals surface area contributed by atoms with Crippen LogP contribution >= 0.6 is 22.7 Å². The quantitative estimate of drug-likeness (QED) is 0.162. The van der Waals surface area contributed by atoms with Gasteiger partial charge in [-0.15, -0.1) is 22.7 Å². The molecule has 1 nitrogen and oxygen atoms in total. The predicted molar refractivity (Wildman–Crippen MR) is 266 cm³/mol. The number of rotatable bonds is 3. The highest BCUT2D eigenvalue weighted by Gasteiger charge is 2.20. The number of benzene rings is 11. The maximum atomic E-state index is 6.78. The Labute approximate surface area is 357 Å². The van der Waals surface area contributed by atoms with Crippen molar-refractivity contribution in [3.8, 4) is 33.4 Å². The minimum absolute atomic E-state index is 0.898. The molecular weight excluding hydrogens is 777 g/mol. The lowest BCUT2D eigenvalue weighted by Crippen LogP contribution is -1.91. The predicted octanol–water partition coefficient (Wildman–Crippen LogP) is 17.9. The van der Waals surface area contributed by atoms with E-state index in [1.54, 1.807) is 0 Å². The molecule has 0 unspecified atom stereocenters. The van der Waals surface area contributed by atoms with Crippen LogP contribution in [0.2, 0.25) is 0 Å². The first kappa shape index (κ1) is 33.5. The van der Waals surface area contributed by atoms with E-state index in [-0.39, 0.29) is 0 Å². The fourth-order valence-corrected chi connectivity index (χ4v) is 12.7. The van der Waals surface area contributed by atoms with E-state index >= 15 is 0 Å². The molecule has 3 aromatic heterocycles. The second-order valence-electron chi connectivity index (χ2n) is 16.3. The maximum Gasteiger partial charge on any atom is 0.136 e. The van der Waals surface area contributed by atoms with Gasteiger partial charge in [0.25, 0.3) is 0 Å². The molecule has 0 spiro atoms. The molecule has 3 heterocycles. The van der Waals surface area contributed by atoms with Crippen LogP contribution in [0.1, 0.15) is 0 Å². The molecule has 0 radical (unpaired) electrons. The van der Waals surface area contributed by atoms with Crippen LogP contribution in [0.15, 0.2) is 199 Å². The summed E-state index contributed by atoms with van der Waals surface area (Å²) in [6.07, 6.45) is 0. The Kier molecular flexibility index (Phi) is 6.93. The second kappa shape index (κ2) is 12.6. The van der Waals surface area contributed by atoms with Gasteiger partial charge in [0.05, 0.1) is 0 Å². The summed E-state index contributed by atoms with van der Waals surface area (Å²) >= 11 is 3.80. The zero-order chi connectivity index (χ0) is 39.8. The van der Waals surface area contributed by atoms with Crippen molar-refractivity contribution in [2.75, 3.05) is 0 Å². The number of thiophene rings is 2. The van der Waals surface area contributed by atoms with Crippen LogP contribution in [0, 0.1) is 0 Å². The molecule has 0 aliphatic carbocycles. The first-order valence-electron chi connectivity index (χ1n) is 20.8. The van der Waals surface area contributed by atoms with Gasteiger partial charge in [-0.05, 0) is 125 Å². The molecule has 0 N–H and O–H groups in total. The Hall–Kier alpha value is -7.30. The van der Waals surface area contributed by atoms with E-state index in [4.69, 9.17) is 4.42 Å². The highest BCUT2D eigenvalue weighted by Crippen LogP contribution is 2.47. The van der Waals surface area contributed by atoms with Crippen molar-refractivity contribution in [3.63, 3.8) is 0 Å². The van der Waals surface area contributed by atoms with Gasteiger partial charge >= 0.3 is 0 Å². The molecule has 0 aliphatic rings. The summed E-state index contributed by atoms with van der Waals surface area (Å²) in [6, 6.07) is 71.8. The Morgan fingerprint density at radius 3 is 1.61 bits per heavy atom. The van der Waals surface area contributed by atoms with Gasteiger partial charge in [-0.1, -0.05) is 146 Å². The van der Waals surface area contributed by atoms with E-state index in [0.717, 1.165) is 33.1 Å². The third-order valence-corrected chi connectivity index (χ3v) is 15.4. The Bertz CT molecular complexity index is 4120. The van der Waals surface area contributed by atoms with Gasteiger partial charge in [-0.25, -0.2) is 0 Å². The van der Waals surface area contributed by atoms with Gasteiger partial charge in [0.15, 0.2) is 0 Å². The number of furan rings is 1. The molecule has 0 atom stereocenters. The van der Waals surface area contributed by atoms with Crippen molar-refractivity contribution < 1.29 is 4.42 Å². The van der Waals surface area contributed by atoms with Gasteiger partial charge in [-0.3, -0.25) is 0 Å². The summed E-state index contributed by atoms with van der Waals surface area (Å²) in [5.41, 5.74) is 9.06. The average molecular weight is 809 g/mol. The van der Waals surface area contributed by atoms with E-state index in [9.17, 15) is 0 Å². The highest BCUT2D eigenvalue weighted by atomic mass is 32.1. The summed E-state index contributed by atoms with van der Waals surface area (Å²) in [5.74, 6) is 0. The minimum Gasteiger partial charge on any atom is -0.456 e. The van der Waals surface area contributed by atoms with Crippen LogP contribution in [0.3, 0.4) is 0 Å². The molecule has 14 aromatic rings. The lowest BCUT2D eigenvalue weighted by Gasteiger charge is -2.18. The van der Waals surface area contributed by atoms with Crippen molar-refractivity contribution in [1.82, 2.24) is 0 Å². The van der Waals surface area contributed by atoms with Gasteiger partial charge in [0.2, 0.25) is 0 Å². The molecule has 282 valence electrons. The van der Waals surface area contributed by atoms with Gasteiger partial charge in [0, 0.05) is 51.1 Å². The third-order valence-electron chi connectivity index (χ3n) is 13.0. The fraction of sp³-hybridized carbons (Fsp3) is 0. The zero-order valence-corrected chi connectivity index (χ0v) is 34.3. The summed E-state index contributed by atoms with van der Waals surface area (Å²) in [7, 11) is 0. The summed E-state index contributed by atoms with van der Waals surface area (Å²) in [4.78, 5) is 0. The van der Waals surface area contributed by atoms with Crippen molar-refractivity contribution in [3.05, 3.63) is 194 Å². The lowest BCUT2D eigenvalue weighted by molar-refractivity contribution is 0.669. The monoisotopic (exact) mass is 808 g/mol. The summed E-state index contributed by atoms with van der Waals surface area (Å²) < 4.78 is 12.2. The van der Waals surface area contributed by atoms with E-state index < -0.39 is 0 Å². The first-order valence-corrected chi connectivity index (χ1v) is 22.4. The third kappa shape index (κ3) is 4.87. The Balaban J connectivity index is 0.882. The highest BCUT2D eigenvalue weighted by molar-refractivity contribution is 7.28. The van der Waals surface area contributed by atoms with Gasteiger partial charge in [0.1, 0.15) is 11.2 Å². The van der Waals surface area contributed by atoms with Crippen LogP contribution in [0.25, 0.3) is 139 Å². The van der Waals surface area contributed by atoms with Crippen molar-refractivity contribution in [2.45, 2.75) is 0 Å². The van der Waals surface area contributed by atoms with Crippen LogP contribution in [0.5, 0.6) is 0 Å². The zero-order valence-electron chi connectivity index (χ0n) is 32.7. The largest absolute Gasteiger partial charge is 0.456 e. The molecule has 3 heteroatoms. The van der Waals surface area contributed by atoms with Crippen LogP contribution in [0.4, 0.5) is 0 Å². The summed E-state index contributed by atoms with van der Waals surface area (Å²) in [6.45, 7) is 0. The molecule has 0 bridgehead atoms. The van der Waals surface area contributed by atoms with E-state index in [1.807, 2.05) is 22.7 Å². The molecule has 0 saturated heterocycles. The van der Waals surface area contributed by atoms with Gasteiger partial charge < -0.3 is 4.42 Å². The molecular formula is C58H32OS2. The molecule has 0 aliphatic heterocycles. The number of fused-ring (bicyclic) bond motifs is 14. The van der Waals surface area contributed by atoms with Crippen molar-refractivity contribution in [2.24, 2.45) is 0 Å². The normalized spacial score (nSPS) is 12.3.